The van der Waals surface area contributed by atoms with Crippen LogP contribution in [0.2, 0.25) is 0 Å². The summed E-state index contributed by atoms with van der Waals surface area (Å²) in [5, 5.41) is 0. The summed E-state index contributed by atoms with van der Waals surface area (Å²) in [5.74, 6) is 1.83. The van der Waals surface area contributed by atoms with Crippen LogP contribution in [0.4, 0.5) is 5.69 Å². The van der Waals surface area contributed by atoms with Crippen molar-refractivity contribution in [3.05, 3.63) is 54.1 Å². The average Bonchev–Trinajstić information content (AvgIpc) is 3.00. The van der Waals surface area contributed by atoms with Gasteiger partial charge in [-0.25, -0.2) is 0 Å². The summed E-state index contributed by atoms with van der Waals surface area (Å²) in [5.41, 5.74) is 2.15. The van der Waals surface area contributed by atoms with Crippen LogP contribution in [0.25, 0.3) is 0 Å². The second-order valence-electron chi connectivity index (χ2n) is 5.65. The minimum Gasteiger partial charge on any atom is -0.490 e. The molecule has 1 saturated heterocycles. The number of ether oxygens (including phenoxy) is 2. The number of hydrogen-bond donors (Lipinski definition) is 0. The first-order valence-electron chi connectivity index (χ1n) is 7.95. The molecule has 1 aliphatic rings. The van der Waals surface area contributed by atoms with Gasteiger partial charge in [0.2, 0.25) is 5.91 Å². The molecule has 1 aliphatic heterocycles. The van der Waals surface area contributed by atoms with E-state index < -0.39 is 0 Å². The maximum absolute atomic E-state index is 11.7. The number of carbonyl (C=O) groups excluding carboxylic acids is 1. The molecule has 0 aliphatic carbocycles. The third kappa shape index (κ3) is 4.03. The van der Waals surface area contributed by atoms with Crippen molar-refractivity contribution in [3.63, 3.8) is 0 Å². The molecule has 2 aromatic carbocycles. The first-order valence-corrected chi connectivity index (χ1v) is 7.95. The van der Waals surface area contributed by atoms with E-state index >= 15 is 0 Å². The van der Waals surface area contributed by atoms with Gasteiger partial charge in [0.1, 0.15) is 24.7 Å². The minimum absolute atomic E-state index is 0.199. The lowest BCUT2D eigenvalue weighted by atomic mass is 10.2. The highest BCUT2D eigenvalue weighted by molar-refractivity contribution is 5.95. The van der Waals surface area contributed by atoms with Gasteiger partial charge in [-0.2, -0.15) is 0 Å². The van der Waals surface area contributed by atoms with Crippen LogP contribution in [0.15, 0.2) is 48.5 Å². The summed E-state index contributed by atoms with van der Waals surface area (Å²) >= 11 is 0. The molecule has 23 heavy (non-hydrogen) atoms. The Balaban J connectivity index is 1.45. The van der Waals surface area contributed by atoms with E-state index in [4.69, 9.17) is 9.47 Å². The van der Waals surface area contributed by atoms with Crippen LogP contribution in [0.5, 0.6) is 11.5 Å². The largest absolute Gasteiger partial charge is 0.490 e. The number of benzene rings is 2. The van der Waals surface area contributed by atoms with Crippen LogP contribution in [-0.4, -0.2) is 25.7 Å². The van der Waals surface area contributed by atoms with Gasteiger partial charge in [-0.15, -0.1) is 0 Å². The van der Waals surface area contributed by atoms with Crippen molar-refractivity contribution in [2.45, 2.75) is 19.8 Å². The molecular weight excluding hydrogens is 290 g/mol. The molecule has 2 aromatic rings. The summed E-state index contributed by atoms with van der Waals surface area (Å²) in [6.45, 7) is 3.83. The quantitative estimate of drug-likeness (QED) is 0.765. The molecule has 4 heteroatoms. The second kappa shape index (κ2) is 7.18. The predicted molar refractivity (Wildman–Crippen MR) is 90.2 cm³/mol. The van der Waals surface area contributed by atoms with Crippen molar-refractivity contribution in [1.29, 1.82) is 0 Å². The molecule has 1 fully saturated rings. The normalized spacial score (nSPS) is 14.1. The number of nitrogens with zero attached hydrogens (tertiary/aromatic N) is 1. The van der Waals surface area contributed by atoms with Gasteiger partial charge in [-0.3, -0.25) is 4.79 Å². The molecule has 120 valence electrons. The Bertz CT molecular complexity index is 649. The Morgan fingerprint density at radius 1 is 0.913 bits per heavy atom. The highest BCUT2D eigenvalue weighted by Crippen LogP contribution is 2.23. The molecule has 3 rings (SSSR count). The van der Waals surface area contributed by atoms with Crippen LogP contribution in [-0.2, 0) is 4.79 Å². The number of carbonyl (C=O) groups is 1. The van der Waals surface area contributed by atoms with Crippen molar-refractivity contribution in [2.75, 3.05) is 24.7 Å². The maximum atomic E-state index is 11.7. The van der Waals surface area contributed by atoms with Crippen molar-refractivity contribution in [2.24, 2.45) is 0 Å². The molecule has 0 N–H and O–H groups in total. The average molecular weight is 311 g/mol. The van der Waals surface area contributed by atoms with E-state index in [1.54, 1.807) is 0 Å². The zero-order chi connectivity index (χ0) is 16.1. The highest BCUT2D eigenvalue weighted by Gasteiger charge is 2.21. The van der Waals surface area contributed by atoms with Crippen LogP contribution in [0, 0.1) is 6.92 Å². The standard InChI is InChI=1S/C19H21NO3/c1-15-4-8-17(9-5-15)22-13-14-23-18-10-6-16(7-11-18)20-12-2-3-19(20)21/h4-11H,2-3,12-14H2,1H3. The number of anilines is 1. The summed E-state index contributed by atoms with van der Waals surface area (Å²) in [4.78, 5) is 13.5. The van der Waals surface area contributed by atoms with Gasteiger partial charge < -0.3 is 14.4 Å². The fraction of sp³-hybridized carbons (Fsp3) is 0.316. The molecule has 0 atom stereocenters. The lowest BCUT2D eigenvalue weighted by Crippen LogP contribution is -2.23. The van der Waals surface area contributed by atoms with Crippen LogP contribution >= 0.6 is 0 Å². The Kier molecular flexibility index (Phi) is 4.81. The zero-order valence-corrected chi connectivity index (χ0v) is 13.3. The molecule has 0 spiro atoms. The molecule has 0 saturated carbocycles. The van der Waals surface area contributed by atoms with E-state index in [0.717, 1.165) is 30.2 Å². The smallest absolute Gasteiger partial charge is 0.227 e. The van der Waals surface area contributed by atoms with Crippen LogP contribution in [0.3, 0.4) is 0 Å². The Morgan fingerprint density at radius 2 is 1.48 bits per heavy atom. The lowest BCUT2D eigenvalue weighted by Gasteiger charge is -2.16. The third-order valence-electron chi connectivity index (χ3n) is 3.86. The van der Waals surface area contributed by atoms with E-state index in [-0.39, 0.29) is 5.91 Å². The van der Waals surface area contributed by atoms with Crippen molar-refractivity contribution >= 4 is 11.6 Å². The molecule has 4 nitrogen and oxygen atoms in total. The first-order chi connectivity index (χ1) is 11.2. The van der Waals surface area contributed by atoms with Gasteiger partial charge in [0.15, 0.2) is 0 Å². The Morgan fingerprint density at radius 3 is 2.00 bits per heavy atom. The molecule has 1 amide bonds. The minimum atomic E-state index is 0.199. The van der Waals surface area contributed by atoms with Gasteiger partial charge in [0.05, 0.1) is 0 Å². The molecule has 0 unspecified atom stereocenters. The van der Waals surface area contributed by atoms with Crippen molar-refractivity contribution in [3.8, 4) is 11.5 Å². The topological polar surface area (TPSA) is 38.8 Å². The molecule has 0 radical (unpaired) electrons. The third-order valence-corrected chi connectivity index (χ3v) is 3.86. The van der Waals surface area contributed by atoms with Crippen molar-refractivity contribution in [1.82, 2.24) is 0 Å². The number of aryl methyl sites for hydroxylation is 1. The Hall–Kier alpha value is -2.49. The SMILES string of the molecule is Cc1ccc(OCCOc2ccc(N3CCCC3=O)cc2)cc1. The summed E-state index contributed by atoms with van der Waals surface area (Å²) in [6, 6.07) is 15.6. The summed E-state index contributed by atoms with van der Waals surface area (Å²) in [7, 11) is 0. The van der Waals surface area contributed by atoms with Gasteiger partial charge in [-0.1, -0.05) is 17.7 Å². The molecule has 1 heterocycles. The molecule has 0 bridgehead atoms. The monoisotopic (exact) mass is 311 g/mol. The maximum Gasteiger partial charge on any atom is 0.227 e. The highest BCUT2D eigenvalue weighted by atomic mass is 16.5. The summed E-state index contributed by atoms with van der Waals surface area (Å²) < 4.78 is 11.3. The lowest BCUT2D eigenvalue weighted by molar-refractivity contribution is -0.117. The van der Waals surface area contributed by atoms with Gasteiger partial charge in [0.25, 0.3) is 0 Å². The van der Waals surface area contributed by atoms with Crippen molar-refractivity contribution < 1.29 is 14.3 Å². The number of rotatable bonds is 6. The van der Waals surface area contributed by atoms with Gasteiger partial charge >= 0.3 is 0 Å². The van der Waals surface area contributed by atoms with Gasteiger partial charge in [0, 0.05) is 18.7 Å². The van der Waals surface area contributed by atoms with E-state index in [1.165, 1.54) is 5.56 Å². The van der Waals surface area contributed by atoms with E-state index in [1.807, 2.05) is 60.4 Å². The first kappa shape index (κ1) is 15.4. The molecular formula is C19H21NO3. The summed E-state index contributed by atoms with van der Waals surface area (Å²) in [6.07, 6.45) is 1.59. The van der Waals surface area contributed by atoms with E-state index in [0.29, 0.717) is 19.6 Å². The second-order valence-corrected chi connectivity index (χ2v) is 5.65. The van der Waals surface area contributed by atoms with E-state index in [9.17, 15) is 4.79 Å². The van der Waals surface area contributed by atoms with Gasteiger partial charge in [-0.05, 0) is 49.7 Å². The number of hydrogen-bond acceptors (Lipinski definition) is 3. The fourth-order valence-corrected chi connectivity index (χ4v) is 2.60. The number of amides is 1. The Labute approximate surface area is 136 Å². The van der Waals surface area contributed by atoms with Crippen LogP contribution in [0.1, 0.15) is 18.4 Å². The fourth-order valence-electron chi connectivity index (χ4n) is 2.60. The van der Waals surface area contributed by atoms with E-state index in [2.05, 4.69) is 0 Å². The molecule has 0 aromatic heterocycles. The van der Waals surface area contributed by atoms with Crippen LogP contribution < -0.4 is 14.4 Å². The predicted octanol–water partition coefficient (Wildman–Crippen LogP) is 3.58. The zero-order valence-electron chi connectivity index (χ0n) is 13.3.